The Labute approximate surface area is 116 Å². The van der Waals surface area contributed by atoms with Crippen LogP contribution in [0, 0.1) is 17.8 Å². The van der Waals surface area contributed by atoms with Gasteiger partial charge in [-0.25, -0.2) is 8.42 Å². The molecule has 0 aromatic rings. The van der Waals surface area contributed by atoms with Crippen LogP contribution >= 0.6 is 0 Å². The van der Waals surface area contributed by atoms with E-state index in [-0.39, 0.29) is 41.4 Å². The first-order chi connectivity index (χ1) is 6.79. The molecule has 3 atom stereocenters. The molecule has 2 saturated carbocycles. The average Bonchev–Trinajstić information content (AvgIpc) is 2.61. The zero-order valence-electron chi connectivity index (χ0n) is 9.16. The van der Waals surface area contributed by atoms with Crippen molar-refractivity contribution >= 4 is 10.1 Å². The van der Waals surface area contributed by atoms with Crippen LogP contribution in [0.1, 0.15) is 32.1 Å². The molecule has 2 aliphatic carbocycles. The van der Waals surface area contributed by atoms with Crippen LogP contribution in [0.15, 0.2) is 0 Å². The number of alkyl halides is 2. The standard InChI is InChI=1S/C9H14F2O3S.Na/c10-9(11,15(12,13)14)5-8-4-6-1-2-7(8)3-6;/h6-8H,1-5H2,(H,12,13,14);/q;+1/p-1. The van der Waals surface area contributed by atoms with Crippen LogP contribution in [0.2, 0.25) is 0 Å². The average molecular weight is 262 g/mol. The Kier molecular flexibility index (Phi) is 4.45. The second-order valence-corrected chi connectivity index (χ2v) is 6.24. The van der Waals surface area contributed by atoms with Crippen LogP contribution in [0.3, 0.4) is 0 Å². The van der Waals surface area contributed by atoms with Crippen molar-refractivity contribution in [1.29, 1.82) is 0 Å². The molecule has 0 aliphatic heterocycles. The van der Waals surface area contributed by atoms with Crippen LogP contribution in [-0.4, -0.2) is 18.2 Å². The minimum Gasteiger partial charge on any atom is -0.743 e. The molecular weight excluding hydrogens is 249 g/mol. The quantitative estimate of drug-likeness (QED) is 0.482. The molecule has 88 valence electrons. The van der Waals surface area contributed by atoms with Gasteiger partial charge >= 0.3 is 34.8 Å². The fourth-order valence-corrected chi connectivity index (χ4v) is 3.45. The molecule has 7 heteroatoms. The monoisotopic (exact) mass is 262 g/mol. The molecule has 0 aromatic heterocycles. The predicted molar refractivity (Wildman–Crippen MR) is 48.2 cm³/mol. The maximum absolute atomic E-state index is 13.0. The van der Waals surface area contributed by atoms with Crippen molar-refractivity contribution in [2.45, 2.75) is 37.4 Å². The van der Waals surface area contributed by atoms with Crippen molar-refractivity contribution in [1.82, 2.24) is 0 Å². The van der Waals surface area contributed by atoms with E-state index in [1.54, 1.807) is 0 Å². The van der Waals surface area contributed by atoms with Gasteiger partial charge in [-0.2, -0.15) is 8.78 Å². The van der Waals surface area contributed by atoms with E-state index in [0.717, 1.165) is 19.3 Å². The first-order valence-electron chi connectivity index (χ1n) is 5.13. The molecule has 3 unspecified atom stereocenters. The van der Waals surface area contributed by atoms with Gasteiger partial charge < -0.3 is 4.55 Å². The van der Waals surface area contributed by atoms with E-state index in [9.17, 15) is 21.8 Å². The summed E-state index contributed by atoms with van der Waals surface area (Å²) in [5, 5.41) is -4.08. The van der Waals surface area contributed by atoms with E-state index in [4.69, 9.17) is 0 Å². The van der Waals surface area contributed by atoms with Gasteiger partial charge in [0.05, 0.1) is 0 Å². The van der Waals surface area contributed by atoms with E-state index in [1.807, 2.05) is 0 Å². The predicted octanol–water partition coefficient (Wildman–Crippen LogP) is -1.05. The molecule has 2 fully saturated rings. The molecule has 2 aliphatic rings. The maximum Gasteiger partial charge on any atom is 1.00 e. The first kappa shape index (κ1) is 14.8. The topological polar surface area (TPSA) is 57.2 Å². The molecular formula is C9H13F2NaO3S. The normalized spacial score (nSPS) is 33.8. The number of fused-ring (bicyclic) bond motifs is 2. The van der Waals surface area contributed by atoms with E-state index in [0.29, 0.717) is 12.3 Å². The van der Waals surface area contributed by atoms with Crippen LogP contribution in [0.5, 0.6) is 0 Å². The summed E-state index contributed by atoms with van der Waals surface area (Å²) in [6.07, 6.45) is 2.79. The Morgan fingerprint density at radius 2 is 1.88 bits per heavy atom. The van der Waals surface area contributed by atoms with Gasteiger partial charge in [0, 0.05) is 6.42 Å². The van der Waals surface area contributed by atoms with Crippen molar-refractivity contribution in [3.05, 3.63) is 0 Å². The summed E-state index contributed by atoms with van der Waals surface area (Å²) in [6, 6.07) is 0. The van der Waals surface area contributed by atoms with Gasteiger partial charge in [-0.05, 0) is 37.0 Å². The Bertz CT molecular complexity index is 358. The Morgan fingerprint density at radius 1 is 1.25 bits per heavy atom. The molecule has 0 N–H and O–H groups in total. The molecule has 0 radical (unpaired) electrons. The van der Waals surface area contributed by atoms with Crippen LogP contribution in [-0.2, 0) is 10.1 Å². The van der Waals surface area contributed by atoms with Gasteiger partial charge in [-0.3, -0.25) is 0 Å². The zero-order chi connectivity index (χ0) is 11.3. The molecule has 2 bridgehead atoms. The third kappa shape index (κ3) is 2.77. The number of halogens is 2. The summed E-state index contributed by atoms with van der Waals surface area (Å²) in [4.78, 5) is 0. The van der Waals surface area contributed by atoms with Crippen LogP contribution < -0.4 is 29.6 Å². The summed E-state index contributed by atoms with van der Waals surface area (Å²) in [5.74, 6) is 0.412. The zero-order valence-corrected chi connectivity index (χ0v) is 12.0. The largest absolute Gasteiger partial charge is 1.00 e. The van der Waals surface area contributed by atoms with E-state index >= 15 is 0 Å². The minimum atomic E-state index is -5.49. The maximum atomic E-state index is 13.0. The second-order valence-electron chi connectivity index (χ2n) is 4.73. The fraction of sp³-hybridized carbons (Fsp3) is 1.00. The van der Waals surface area contributed by atoms with Gasteiger partial charge in [0.2, 0.25) is 0 Å². The summed E-state index contributed by atoms with van der Waals surface area (Å²) >= 11 is 0. The van der Waals surface area contributed by atoms with Gasteiger partial charge in [0.15, 0.2) is 10.1 Å². The third-order valence-electron chi connectivity index (χ3n) is 3.75. The molecule has 2 rings (SSSR count). The molecule has 0 aromatic carbocycles. The molecule has 0 saturated heterocycles. The summed E-state index contributed by atoms with van der Waals surface area (Å²) in [7, 11) is -5.49. The SMILES string of the molecule is O=S(=O)([O-])C(F)(F)CC1CC2CCC1C2.[Na+]. The minimum absolute atomic E-state index is 0. The number of rotatable bonds is 3. The van der Waals surface area contributed by atoms with Gasteiger partial charge in [-0.15, -0.1) is 0 Å². The van der Waals surface area contributed by atoms with Crippen molar-refractivity contribution in [3.63, 3.8) is 0 Å². The van der Waals surface area contributed by atoms with E-state index in [1.165, 1.54) is 0 Å². The van der Waals surface area contributed by atoms with Crippen molar-refractivity contribution < 1.29 is 51.3 Å². The van der Waals surface area contributed by atoms with E-state index in [2.05, 4.69) is 0 Å². The van der Waals surface area contributed by atoms with Crippen molar-refractivity contribution in [2.75, 3.05) is 0 Å². The third-order valence-corrected chi connectivity index (χ3v) is 4.65. The molecule has 0 heterocycles. The first-order valence-corrected chi connectivity index (χ1v) is 6.53. The summed E-state index contributed by atoms with van der Waals surface area (Å²) in [6.45, 7) is 0. The molecule has 16 heavy (non-hydrogen) atoms. The molecule has 3 nitrogen and oxygen atoms in total. The number of hydrogen-bond donors (Lipinski definition) is 0. The Balaban J connectivity index is 0.00000128. The van der Waals surface area contributed by atoms with E-state index < -0.39 is 21.8 Å². The molecule has 0 amide bonds. The van der Waals surface area contributed by atoms with Crippen LogP contribution in [0.4, 0.5) is 8.78 Å². The Morgan fingerprint density at radius 3 is 2.25 bits per heavy atom. The number of hydrogen-bond acceptors (Lipinski definition) is 3. The fourth-order valence-electron chi connectivity index (χ4n) is 3.03. The molecule has 0 spiro atoms. The van der Waals surface area contributed by atoms with Gasteiger partial charge in [0.25, 0.3) is 0 Å². The van der Waals surface area contributed by atoms with Gasteiger partial charge in [0.1, 0.15) is 0 Å². The van der Waals surface area contributed by atoms with Crippen molar-refractivity contribution in [2.24, 2.45) is 17.8 Å². The van der Waals surface area contributed by atoms with Gasteiger partial charge in [-0.1, -0.05) is 6.42 Å². The Hall–Kier alpha value is 0.770. The van der Waals surface area contributed by atoms with Crippen LogP contribution in [0.25, 0.3) is 0 Å². The smallest absolute Gasteiger partial charge is 0.743 e. The summed E-state index contributed by atoms with van der Waals surface area (Å²) in [5.41, 5.74) is 0. The summed E-state index contributed by atoms with van der Waals surface area (Å²) < 4.78 is 57.0. The second kappa shape index (κ2) is 4.80. The van der Waals surface area contributed by atoms with Crippen molar-refractivity contribution in [3.8, 4) is 0 Å².